The Bertz CT molecular complexity index is 520. The maximum atomic E-state index is 5.56. The van der Waals surface area contributed by atoms with Crippen LogP contribution in [0.4, 0.5) is 0 Å². The summed E-state index contributed by atoms with van der Waals surface area (Å²) in [5.41, 5.74) is 8.94. The number of aryl methyl sites for hydroxylation is 1. The molecule has 0 aliphatic rings. The first kappa shape index (κ1) is 12.6. The normalized spacial score (nSPS) is 10.6. The fourth-order valence-electron chi connectivity index (χ4n) is 1.97. The number of benzene rings is 1. The molecule has 0 spiro atoms. The van der Waals surface area contributed by atoms with Crippen LogP contribution in [-0.2, 0) is 19.5 Å². The van der Waals surface area contributed by atoms with Crippen LogP contribution in [0.1, 0.15) is 23.7 Å². The van der Waals surface area contributed by atoms with E-state index in [-0.39, 0.29) is 0 Å². The van der Waals surface area contributed by atoms with Gasteiger partial charge in [-0.1, -0.05) is 19.1 Å². The second-order valence-electron chi connectivity index (χ2n) is 4.24. The molecule has 4 nitrogen and oxygen atoms in total. The highest BCUT2D eigenvalue weighted by atomic mass is 16.5. The van der Waals surface area contributed by atoms with Gasteiger partial charge in [0.1, 0.15) is 5.75 Å². The van der Waals surface area contributed by atoms with Crippen molar-refractivity contribution in [1.82, 2.24) is 9.55 Å². The second kappa shape index (κ2) is 5.69. The molecule has 0 radical (unpaired) electrons. The molecule has 1 heterocycles. The van der Waals surface area contributed by atoms with E-state index in [9.17, 15) is 0 Å². The zero-order chi connectivity index (χ0) is 13.0. The van der Waals surface area contributed by atoms with Crippen LogP contribution in [0.25, 0.3) is 0 Å². The number of hydrogen-bond donors (Lipinski definition) is 1. The lowest BCUT2D eigenvalue weighted by Crippen LogP contribution is -2.01. The third-order valence-electron chi connectivity index (χ3n) is 3.00. The van der Waals surface area contributed by atoms with Gasteiger partial charge in [-0.3, -0.25) is 0 Å². The minimum Gasteiger partial charge on any atom is -0.496 e. The van der Waals surface area contributed by atoms with Crippen molar-refractivity contribution >= 4 is 0 Å². The number of ether oxygens (including phenoxy) is 1. The van der Waals surface area contributed by atoms with Crippen molar-refractivity contribution in [1.29, 1.82) is 0 Å². The average Bonchev–Trinajstić information content (AvgIpc) is 2.86. The third kappa shape index (κ3) is 2.71. The Morgan fingerprint density at radius 3 is 2.83 bits per heavy atom. The van der Waals surface area contributed by atoms with Gasteiger partial charge < -0.3 is 15.0 Å². The molecule has 96 valence electrons. The Balaban J connectivity index is 2.25. The van der Waals surface area contributed by atoms with E-state index in [1.807, 2.05) is 16.8 Å². The number of rotatable bonds is 5. The molecule has 2 aromatic rings. The standard InChI is InChI=1S/C14H19N3O/c1-3-11-4-5-14(18-2)12(6-11)8-17-9-13(7-15)16-10-17/h4-6,9-10H,3,7-8,15H2,1-2H3. The van der Waals surface area contributed by atoms with Crippen molar-refractivity contribution in [3.8, 4) is 5.75 Å². The predicted octanol–water partition coefficient (Wildman–Crippen LogP) is 1.96. The maximum absolute atomic E-state index is 5.56. The Kier molecular flexibility index (Phi) is 3.99. The molecule has 2 rings (SSSR count). The smallest absolute Gasteiger partial charge is 0.123 e. The Morgan fingerprint density at radius 1 is 1.39 bits per heavy atom. The van der Waals surface area contributed by atoms with Crippen LogP contribution >= 0.6 is 0 Å². The van der Waals surface area contributed by atoms with Gasteiger partial charge in [0.2, 0.25) is 0 Å². The Labute approximate surface area is 107 Å². The van der Waals surface area contributed by atoms with Crippen LogP contribution in [-0.4, -0.2) is 16.7 Å². The fraction of sp³-hybridized carbons (Fsp3) is 0.357. The van der Waals surface area contributed by atoms with E-state index in [2.05, 4.69) is 24.0 Å². The van der Waals surface area contributed by atoms with E-state index in [1.165, 1.54) is 5.56 Å². The largest absolute Gasteiger partial charge is 0.496 e. The third-order valence-corrected chi connectivity index (χ3v) is 3.00. The summed E-state index contributed by atoms with van der Waals surface area (Å²) in [6.45, 7) is 3.37. The highest BCUT2D eigenvalue weighted by molar-refractivity contribution is 5.37. The second-order valence-corrected chi connectivity index (χ2v) is 4.24. The van der Waals surface area contributed by atoms with Gasteiger partial charge in [0.15, 0.2) is 0 Å². The summed E-state index contributed by atoms with van der Waals surface area (Å²) in [7, 11) is 1.70. The van der Waals surface area contributed by atoms with Gasteiger partial charge in [0.05, 0.1) is 25.7 Å². The molecule has 2 N–H and O–H groups in total. The van der Waals surface area contributed by atoms with Crippen LogP contribution in [0.5, 0.6) is 5.75 Å². The van der Waals surface area contributed by atoms with Gasteiger partial charge in [-0.2, -0.15) is 0 Å². The molecule has 0 saturated heterocycles. The van der Waals surface area contributed by atoms with Crippen LogP contribution in [0, 0.1) is 0 Å². The van der Waals surface area contributed by atoms with Crippen LogP contribution in [0.2, 0.25) is 0 Å². The van der Waals surface area contributed by atoms with E-state index in [0.29, 0.717) is 6.54 Å². The lowest BCUT2D eigenvalue weighted by Gasteiger charge is -2.10. The number of hydrogen-bond acceptors (Lipinski definition) is 3. The van der Waals surface area contributed by atoms with Crippen molar-refractivity contribution in [2.75, 3.05) is 7.11 Å². The molecule has 0 unspecified atom stereocenters. The number of methoxy groups -OCH3 is 1. The van der Waals surface area contributed by atoms with Crippen molar-refractivity contribution in [2.45, 2.75) is 26.4 Å². The molecule has 0 bridgehead atoms. The predicted molar refractivity (Wildman–Crippen MR) is 71.6 cm³/mol. The summed E-state index contributed by atoms with van der Waals surface area (Å²) < 4.78 is 7.42. The van der Waals surface area contributed by atoms with Crippen LogP contribution < -0.4 is 10.5 Å². The van der Waals surface area contributed by atoms with E-state index in [1.54, 1.807) is 13.4 Å². The molecule has 1 aromatic carbocycles. The summed E-state index contributed by atoms with van der Waals surface area (Å²) in [5, 5.41) is 0. The van der Waals surface area contributed by atoms with E-state index in [0.717, 1.165) is 30.0 Å². The molecule has 4 heteroatoms. The monoisotopic (exact) mass is 245 g/mol. The molecule has 18 heavy (non-hydrogen) atoms. The molecule has 1 aromatic heterocycles. The lowest BCUT2D eigenvalue weighted by atomic mass is 10.1. The molecule has 0 fully saturated rings. The molecular formula is C14H19N3O. The summed E-state index contributed by atoms with van der Waals surface area (Å²) in [4.78, 5) is 4.23. The lowest BCUT2D eigenvalue weighted by molar-refractivity contribution is 0.408. The maximum Gasteiger partial charge on any atom is 0.123 e. The van der Waals surface area contributed by atoms with Gasteiger partial charge in [0.25, 0.3) is 0 Å². The SMILES string of the molecule is CCc1ccc(OC)c(Cn2cnc(CN)c2)c1. The summed E-state index contributed by atoms with van der Waals surface area (Å²) in [6, 6.07) is 6.30. The summed E-state index contributed by atoms with van der Waals surface area (Å²) in [6.07, 6.45) is 4.80. The van der Waals surface area contributed by atoms with Crippen LogP contribution in [0.3, 0.4) is 0 Å². The van der Waals surface area contributed by atoms with E-state index >= 15 is 0 Å². The zero-order valence-corrected chi connectivity index (χ0v) is 10.9. The molecule has 0 amide bonds. The molecule has 0 aliphatic heterocycles. The first-order valence-corrected chi connectivity index (χ1v) is 6.13. The van der Waals surface area contributed by atoms with E-state index in [4.69, 9.17) is 10.5 Å². The average molecular weight is 245 g/mol. The molecule has 0 saturated carbocycles. The number of nitrogens with zero attached hydrogens (tertiary/aromatic N) is 2. The highest BCUT2D eigenvalue weighted by Gasteiger charge is 2.05. The summed E-state index contributed by atoms with van der Waals surface area (Å²) >= 11 is 0. The first-order valence-electron chi connectivity index (χ1n) is 6.13. The van der Waals surface area contributed by atoms with Crippen molar-refractivity contribution < 1.29 is 4.74 Å². The highest BCUT2D eigenvalue weighted by Crippen LogP contribution is 2.21. The van der Waals surface area contributed by atoms with Crippen molar-refractivity contribution in [3.63, 3.8) is 0 Å². The van der Waals surface area contributed by atoms with Gasteiger partial charge in [-0.15, -0.1) is 0 Å². The fourth-order valence-corrected chi connectivity index (χ4v) is 1.97. The summed E-state index contributed by atoms with van der Waals surface area (Å²) in [5.74, 6) is 0.912. The molecule has 0 atom stereocenters. The minimum absolute atomic E-state index is 0.471. The zero-order valence-electron chi connectivity index (χ0n) is 10.9. The van der Waals surface area contributed by atoms with Gasteiger partial charge in [0, 0.05) is 18.3 Å². The quantitative estimate of drug-likeness (QED) is 0.876. The number of imidazole rings is 1. The number of nitrogens with two attached hydrogens (primary N) is 1. The minimum atomic E-state index is 0.471. The first-order chi connectivity index (χ1) is 8.76. The Morgan fingerprint density at radius 2 is 2.22 bits per heavy atom. The van der Waals surface area contributed by atoms with Crippen LogP contribution in [0.15, 0.2) is 30.7 Å². The van der Waals surface area contributed by atoms with Gasteiger partial charge in [-0.25, -0.2) is 4.98 Å². The number of aromatic nitrogens is 2. The topological polar surface area (TPSA) is 53.1 Å². The molecule has 0 aliphatic carbocycles. The Hall–Kier alpha value is -1.81. The van der Waals surface area contributed by atoms with E-state index < -0.39 is 0 Å². The van der Waals surface area contributed by atoms with Gasteiger partial charge >= 0.3 is 0 Å². The van der Waals surface area contributed by atoms with Crippen molar-refractivity contribution in [3.05, 3.63) is 47.5 Å². The van der Waals surface area contributed by atoms with Gasteiger partial charge in [-0.05, 0) is 18.1 Å². The van der Waals surface area contributed by atoms with Crippen molar-refractivity contribution in [2.24, 2.45) is 5.73 Å². The molecular weight excluding hydrogens is 226 g/mol.